The Kier molecular flexibility index (Phi) is 4.22. The Morgan fingerprint density at radius 2 is 2.21 bits per heavy atom. The average molecular weight is 281 g/mol. The summed E-state index contributed by atoms with van der Waals surface area (Å²) >= 11 is 1.75. The highest BCUT2D eigenvalue weighted by Gasteiger charge is 2.40. The van der Waals surface area contributed by atoms with Crippen LogP contribution in [0.15, 0.2) is 16.8 Å². The number of rotatable bonds is 3. The quantitative estimate of drug-likeness (QED) is 0.926. The molecule has 0 bridgehead atoms. The molecule has 2 saturated heterocycles. The van der Waals surface area contributed by atoms with E-state index in [-0.39, 0.29) is 11.6 Å². The normalized spacial score (nSPS) is 28.4. The van der Waals surface area contributed by atoms with Crippen molar-refractivity contribution in [3.63, 3.8) is 0 Å². The molecule has 0 amide bonds. The summed E-state index contributed by atoms with van der Waals surface area (Å²) < 4.78 is 11.6. The van der Waals surface area contributed by atoms with Gasteiger partial charge in [0.15, 0.2) is 0 Å². The molecule has 4 heteroatoms. The van der Waals surface area contributed by atoms with Gasteiger partial charge in [-0.15, -0.1) is 0 Å². The lowest BCUT2D eigenvalue weighted by Crippen LogP contribution is -2.48. The van der Waals surface area contributed by atoms with Gasteiger partial charge in [0.2, 0.25) is 0 Å². The predicted molar refractivity (Wildman–Crippen MR) is 77.5 cm³/mol. The van der Waals surface area contributed by atoms with Crippen LogP contribution in [0.25, 0.3) is 0 Å². The van der Waals surface area contributed by atoms with E-state index in [1.165, 1.54) is 5.56 Å². The summed E-state index contributed by atoms with van der Waals surface area (Å²) in [7, 11) is 0. The molecule has 0 saturated carbocycles. The fourth-order valence-electron chi connectivity index (χ4n) is 3.37. The molecule has 2 fully saturated rings. The van der Waals surface area contributed by atoms with Crippen molar-refractivity contribution in [1.82, 2.24) is 0 Å². The standard InChI is InChI=1S/C15H23NO2S/c16-14(9-12-2-8-19-11-12)13-1-5-18-15(10-13)3-6-17-7-4-15/h2,8,11,13-14H,1,3-7,9-10,16H2. The summed E-state index contributed by atoms with van der Waals surface area (Å²) in [6.45, 7) is 2.54. The van der Waals surface area contributed by atoms with Crippen LogP contribution in [0.1, 0.15) is 31.2 Å². The van der Waals surface area contributed by atoms with Crippen LogP contribution >= 0.6 is 11.3 Å². The van der Waals surface area contributed by atoms with E-state index in [0.29, 0.717) is 5.92 Å². The Hall–Kier alpha value is -0.420. The monoisotopic (exact) mass is 281 g/mol. The zero-order valence-electron chi connectivity index (χ0n) is 11.3. The lowest BCUT2D eigenvalue weighted by molar-refractivity contribution is -0.149. The van der Waals surface area contributed by atoms with Gasteiger partial charge in [0.1, 0.15) is 0 Å². The van der Waals surface area contributed by atoms with Gasteiger partial charge in [0, 0.05) is 25.9 Å². The van der Waals surface area contributed by atoms with Crippen molar-refractivity contribution in [1.29, 1.82) is 0 Å². The van der Waals surface area contributed by atoms with Gasteiger partial charge < -0.3 is 15.2 Å². The Morgan fingerprint density at radius 1 is 1.37 bits per heavy atom. The average Bonchev–Trinajstić information content (AvgIpc) is 2.92. The maximum Gasteiger partial charge on any atom is 0.0729 e. The van der Waals surface area contributed by atoms with E-state index < -0.39 is 0 Å². The van der Waals surface area contributed by atoms with Crippen LogP contribution in [0.2, 0.25) is 0 Å². The van der Waals surface area contributed by atoms with Crippen molar-refractivity contribution >= 4 is 11.3 Å². The first-order valence-corrected chi connectivity index (χ1v) is 8.20. The zero-order valence-corrected chi connectivity index (χ0v) is 12.2. The number of hydrogen-bond acceptors (Lipinski definition) is 4. The van der Waals surface area contributed by atoms with Crippen molar-refractivity contribution < 1.29 is 9.47 Å². The Morgan fingerprint density at radius 3 is 2.95 bits per heavy atom. The van der Waals surface area contributed by atoms with E-state index in [1.54, 1.807) is 11.3 Å². The van der Waals surface area contributed by atoms with Gasteiger partial charge in [-0.05, 0) is 60.4 Å². The molecule has 1 spiro atoms. The predicted octanol–water partition coefficient (Wildman–Crippen LogP) is 2.59. The van der Waals surface area contributed by atoms with Crippen LogP contribution in [-0.4, -0.2) is 31.5 Å². The van der Waals surface area contributed by atoms with Crippen LogP contribution in [0.3, 0.4) is 0 Å². The third-order valence-corrected chi connectivity index (χ3v) is 5.32. The molecule has 1 aromatic heterocycles. The first-order chi connectivity index (χ1) is 9.27. The van der Waals surface area contributed by atoms with Crippen LogP contribution < -0.4 is 5.73 Å². The third-order valence-electron chi connectivity index (χ3n) is 4.59. The highest BCUT2D eigenvalue weighted by atomic mass is 32.1. The smallest absolute Gasteiger partial charge is 0.0729 e. The van der Waals surface area contributed by atoms with E-state index >= 15 is 0 Å². The summed E-state index contributed by atoms with van der Waals surface area (Å²) in [5, 5.41) is 4.34. The second-order valence-corrected chi connectivity index (χ2v) is 6.68. The van der Waals surface area contributed by atoms with E-state index in [2.05, 4.69) is 16.8 Å². The Bertz CT molecular complexity index is 381. The molecule has 2 atom stereocenters. The highest BCUT2D eigenvalue weighted by Crippen LogP contribution is 2.38. The molecule has 0 aromatic carbocycles. The summed E-state index contributed by atoms with van der Waals surface area (Å²) in [5.41, 5.74) is 7.89. The maximum atomic E-state index is 6.45. The molecule has 3 heterocycles. The second-order valence-electron chi connectivity index (χ2n) is 5.90. The van der Waals surface area contributed by atoms with Crippen molar-refractivity contribution in [2.24, 2.45) is 11.7 Å². The number of thiophene rings is 1. The van der Waals surface area contributed by atoms with Crippen molar-refractivity contribution in [2.45, 2.75) is 43.7 Å². The van der Waals surface area contributed by atoms with Crippen LogP contribution in [0.4, 0.5) is 0 Å². The minimum absolute atomic E-state index is 0.0629. The third kappa shape index (κ3) is 3.19. The van der Waals surface area contributed by atoms with E-state index in [0.717, 1.165) is 51.9 Å². The zero-order chi connectivity index (χ0) is 13.1. The molecule has 1 aromatic rings. The molecule has 106 valence electrons. The fourth-order valence-corrected chi connectivity index (χ4v) is 4.05. The molecule has 3 nitrogen and oxygen atoms in total. The molecular weight excluding hydrogens is 258 g/mol. The number of nitrogens with two attached hydrogens (primary N) is 1. The van der Waals surface area contributed by atoms with E-state index in [9.17, 15) is 0 Å². The largest absolute Gasteiger partial charge is 0.381 e. The number of hydrogen-bond donors (Lipinski definition) is 1. The van der Waals surface area contributed by atoms with Crippen molar-refractivity contribution in [3.8, 4) is 0 Å². The van der Waals surface area contributed by atoms with Gasteiger partial charge >= 0.3 is 0 Å². The Labute approximate surface area is 119 Å². The lowest BCUT2D eigenvalue weighted by atomic mass is 9.77. The first-order valence-electron chi connectivity index (χ1n) is 7.26. The first kappa shape index (κ1) is 13.6. The van der Waals surface area contributed by atoms with Crippen molar-refractivity contribution in [2.75, 3.05) is 19.8 Å². The van der Waals surface area contributed by atoms with Crippen LogP contribution in [0, 0.1) is 5.92 Å². The second kappa shape index (κ2) is 5.92. The van der Waals surface area contributed by atoms with E-state index in [4.69, 9.17) is 15.2 Å². The van der Waals surface area contributed by atoms with Crippen molar-refractivity contribution in [3.05, 3.63) is 22.4 Å². The molecule has 0 aliphatic carbocycles. The van der Waals surface area contributed by atoms with Gasteiger partial charge in [-0.25, -0.2) is 0 Å². The molecule has 19 heavy (non-hydrogen) atoms. The topological polar surface area (TPSA) is 44.5 Å². The fraction of sp³-hybridized carbons (Fsp3) is 0.733. The summed E-state index contributed by atoms with van der Waals surface area (Å²) in [6, 6.07) is 2.45. The van der Waals surface area contributed by atoms with E-state index in [1.807, 2.05) is 0 Å². The van der Waals surface area contributed by atoms with Crippen LogP contribution in [-0.2, 0) is 15.9 Å². The van der Waals surface area contributed by atoms with Gasteiger partial charge in [0.05, 0.1) is 5.60 Å². The lowest BCUT2D eigenvalue weighted by Gasteiger charge is -2.44. The summed E-state index contributed by atoms with van der Waals surface area (Å²) in [4.78, 5) is 0. The van der Waals surface area contributed by atoms with Gasteiger partial charge in [0.25, 0.3) is 0 Å². The molecule has 3 rings (SSSR count). The molecule has 2 N–H and O–H groups in total. The summed E-state index contributed by atoms with van der Waals surface area (Å²) in [5.74, 6) is 0.590. The van der Waals surface area contributed by atoms with Crippen LogP contribution in [0.5, 0.6) is 0 Å². The molecular formula is C15H23NO2S. The van der Waals surface area contributed by atoms with Gasteiger partial charge in [-0.1, -0.05) is 0 Å². The SMILES string of the molecule is NC(Cc1ccsc1)C1CCOC2(CCOCC2)C1. The molecule has 2 aliphatic rings. The van der Waals surface area contributed by atoms with Gasteiger partial charge in [-0.3, -0.25) is 0 Å². The van der Waals surface area contributed by atoms with Gasteiger partial charge in [-0.2, -0.15) is 11.3 Å². The minimum Gasteiger partial charge on any atom is -0.381 e. The highest BCUT2D eigenvalue weighted by molar-refractivity contribution is 7.07. The number of ether oxygens (including phenoxy) is 2. The molecule has 0 radical (unpaired) electrons. The molecule has 2 aliphatic heterocycles. The molecule has 2 unspecified atom stereocenters. The Balaban J connectivity index is 1.61. The summed E-state index contributed by atoms with van der Waals surface area (Å²) in [6.07, 6.45) is 5.29. The minimum atomic E-state index is 0.0629. The maximum absolute atomic E-state index is 6.45.